The van der Waals surface area contributed by atoms with Crippen LogP contribution in [-0.2, 0) is 4.74 Å². The molecule has 3 N–H and O–H groups in total. The summed E-state index contributed by atoms with van der Waals surface area (Å²) in [6.07, 6.45) is 2.76. The molecule has 2 aromatic carbocycles. The van der Waals surface area contributed by atoms with E-state index in [4.69, 9.17) is 9.47 Å². The van der Waals surface area contributed by atoms with Gasteiger partial charge in [0.05, 0.1) is 12.3 Å². The van der Waals surface area contributed by atoms with Crippen LogP contribution in [0.3, 0.4) is 0 Å². The molecular formula is C27H23F2N7O4. The Morgan fingerprint density at radius 3 is 2.62 bits per heavy atom. The van der Waals surface area contributed by atoms with Gasteiger partial charge in [-0.15, -0.1) is 0 Å². The molecule has 0 unspecified atom stereocenters. The number of nitrogens with zero attached hydrogens (tertiary/aromatic N) is 4. The van der Waals surface area contributed by atoms with E-state index in [2.05, 4.69) is 30.9 Å². The Kier molecular flexibility index (Phi) is 7.46. The second kappa shape index (κ2) is 11.3. The van der Waals surface area contributed by atoms with Crippen LogP contribution in [0.4, 0.5) is 20.3 Å². The number of hydrogen-bond acceptors (Lipinski definition) is 8. The number of carbonyl (C=O) groups is 1. The lowest BCUT2D eigenvalue weighted by atomic mass is 10.2. The summed E-state index contributed by atoms with van der Waals surface area (Å²) in [7, 11) is 1.59. The highest BCUT2D eigenvalue weighted by Gasteiger charge is 2.18. The molecule has 0 saturated heterocycles. The summed E-state index contributed by atoms with van der Waals surface area (Å²) in [5.41, 5.74) is -0.140. The third kappa shape index (κ3) is 5.49. The Morgan fingerprint density at radius 2 is 1.88 bits per heavy atom. The number of rotatable bonds is 9. The first-order chi connectivity index (χ1) is 19.3. The zero-order chi connectivity index (χ0) is 28.2. The largest absolute Gasteiger partial charge is 0.453 e. The molecule has 3 aromatic heterocycles. The van der Waals surface area contributed by atoms with E-state index >= 15 is 4.39 Å². The van der Waals surface area contributed by atoms with Gasteiger partial charge in [0.25, 0.3) is 11.5 Å². The maximum atomic E-state index is 15.1. The van der Waals surface area contributed by atoms with E-state index in [0.717, 1.165) is 10.7 Å². The Balaban J connectivity index is 1.35. The summed E-state index contributed by atoms with van der Waals surface area (Å²) >= 11 is 0. The highest BCUT2D eigenvalue weighted by molar-refractivity contribution is 6.04. The van der Waals surface area contributed by atoms with Crippen LogP contribution in [0.25, 0.3) is 16.7 Å². The number of amides is 1. The molecule has 0 radical (unpaired) electrons. The lowest BCUT2D eigenvalue weighted by Crippen LogP contribution is -2.29. The van der Waals surface area contributed by atoms with Crippen LogP contribution in [-0.4, -0.2) is 50.6 Å². The van der Waals surface area contributed by atoms with Crippen LogP contribution in [0.1, 0.15) is 17.3 Å². The summed E-state index contributed by atoms with van der Waals surface area (Å²) in [5.74, 6) is -1.34. The van der Waals surface area contributed by atoms with Crippen molar-refractivity contribution >= 4 is 28.4 Å². The van der Waals surface area contributed by atoms with Crippen LogP contribution in [0.2, 0.25) is 0 Å². The van der Waals surface area contributed by atoms with E-state index in [1.54, 1.807) is 13.2 Å². The number of ether oxygens (including phenoxy) is 2. The van der Waals surface area contributed by atoms with Gasteiger partial charge in [0.15, 0.2) is 23.0 Å². The zero-order valence-corrected chi connectivity index (χ0v) is 21.3. The minimum atomic E-state index is -0.772. The van der Waals surface area contributed by atoms with Crippen molar-refractivity contribution in [1.29, 1.82) is 0 Å². The number of benzene rings is 2. The molecule has 0 spiro atoms. The fourth-order valence-corrected chi connectivity index (χ4v) is 3.97. The molecule has 0 fully saturated rings. The first-order valence-electron chi connectivity index (χ1n) is 12.1. The molecule has 0 bridgehead atoms. The van der Waals surface area contributed by atoms with Crippen molar-refractivity contribution in [2.75, 3.05) is 24.4 Å². The third-order valence-corrected chi connectivity index (χ3v) is 5.79. The van der Waals surface area contributed by atoms with Crippen LogP contribution < -0.4 is 20.9 Å². The van der Waals surface area contributed by atoms with E-state index in [1.165, 1.54) is 54.9 Å². The fourth-order valence-electron chi connectivity index (χ4n) is 3.97. The number of H-pyrrole nitrogens is 1. The second-order valence-corrected chi connectivity index (χ2v) is 8.75. The van der Waals surface area contributed by atoms with Gasteiger partial charge in [0.2, 0.25) is 0 Å². The minimum absolute atomic E-state index is 0.0654. The standard InChI is InChI=1S/C27H23F2N7O4/c1-15(14-39-2)32-25-23-22(10-11-30-24(23)34-35-25)40-21-8-5-17(13-20(21)29)33-26(37)19-9-12-31-36(27(19)38)18-6-3-16(28)4-7-18/h3-13,15H,14H2,1-2H3,(H,33,37)(H2,30,32,34,35)/t15-/m0/s1. The predicted molar refractivity (Wildman–Crippen MR) is 143 cm³/mol. The third-order valence-electron chi connectivity index (χ3n) is 5.79. The minimum Gasteiger partial charge on any atom is -0.453 e. The Hall–Kier alpha value is -5.17. The molecule has 0 aliphatic heterocycles. The summed E-state index contributed by atoms with van der Waals surface area (Å²) in [4.78, 5) is 29.9. The first kappa shape index (κ1) is 26.4. The number of anilines is 2. The number of aromatic nitrogens is 5. The number of hydrogen-bond donors (Lipinski definition) is 3. The Labute approximate surface area is 225 Å². The summed E-state index contributed by atoms with van der Waals surface area (Å²) in [5, 5.41) is 17.2. The van der Waals surface area contributed by atoms with Crippen molar-refractivity contribution in [1.82, 2.24) is 25.0 Å². The molecule has 13 heteroatoms. The van der Waals surface area contributed by atoms with Gasteiger partial charge in [-0.2, -0.15) is 14.9 Å². The van der Waals surface area contributed by atoms with Gasteiger partial charge < -0.3 is 20.1 Å². The molecule has 0 aliphatic carbocycles. The molecular weight excluding hydrogens is 524 g/mol. The van der Waals surface area contributed by atoms with Gasteiger partial charge in [-0.3, -0.25) is 14.7 Å². The van der Waals surface area contributed by atoms with Crippen molar-refractivity contribution in [2.24, 2.45) is 0 Å². The number of nitrogens with one attached hydrogen (secondary N) is 3. The number of halogens is 2. The summed E-state index contributed by atoms with van der Waals surface area (Å²) < 4.78 is 40.3. The van der Waals surface area contributed by atoms with E-state index in [-0.39, 0.29) is 28.7 Å². The fraction of sp³-hybridized carbons (Fsp3) is 0.148. The monoisotopic (exact) mass is 547 g/mol. The first-order valence-corrected chi connectivity index (χ1v) is 12.1. The maximum Gasteiger partial charge on any atom is 0.284 e. The number of fused-ring (bicyclic) bond motifs is 1. The highest BCUT2D eigenvalue weighted by Crippen LogP contribution is 2.34. The lowest BCUT2D eigenvalue weighted by Gasteiger charge is -2.14. The van der Waals surface area contributed by atoms with Gasteiger partial charge in [0.1, 0.15) is 22.5 Å². The van der Waals surface area contributed by atoms with Crippen molar-refractivity contribution in [3.63, 3.8) is 0 Å². The van der Waals surface area contributed by atoms with Crippen molar-refractivity contribution in [3.8, 4) is 17.2 Å². The quantitative estimate of drug-likeness (QED) is 0.249. The molecule has 40 heavy (non-hydrogen) atoms. The van der Waals surface area contributed by atoms with Gasteiger partial charge >= 0.3 is 0 Å². The molecule has 5 rings (SSSR count). The summed E-state index contributed by atoms with van der Waals surface area (Å²) in [6, 6.07) is 11.7. The Bertz CT molecular complexity index is 1740. The topological polar surface area (TPSA) is 136 Å². The van der Waals surface area contributed by atoms with Crippen LogP contribution in [0, 0.1) is 11.6 Å². The van der Waals surface area contributed by atoms with Crippen molar-refractivity contribution < 1.29 is 23.0 Å². The number of carbonyl (C=O) groups excluding carboxylic acids is 1. The van der Waals surface area contributed by atoms with Gasteiger partial charge in [0, 0.05) is 43.4 Å². The average Bonchev–Trinajstić information content (AvgIpc) is 3.34. The average molecular weight is 548 g/mol. The smallest absolute Gasteiger partial charge is 0.284 e. The molecule has 1 amide bonds. The maximum absolute atomic E-state index is 15.1. The normalized spacial score (nSPS) is 11.8. The van der Waals surface area contributed by atoms with Gasteiger partial charge in [-0.25, -0.2) is 13.8 Å². The molecule has 11 nitrogen and oxygen atoms in total. The number of aromatic amines is 1. The molecule has 0 saturated carbocycles. The van der Waals surface area contributed by atoms with Crippen molar-refractivity contribution in [3.05, 3.63) is 94.5 Å². The van der Waals surface area contributed by atoms with E-state index < -0.39 is 23.1 Å². The lowest BCUT2D eigenvalue weighted by molar-refractivity contribution is 0.102. The number of methoxy groups -OCH3 is 1. The van der Waals surface area contributed by atoms with E-state index in [0.29, 0.717) is 29.2 Å². The second-order valence-electron chi connectivity index (χ2n) is 8.75. The zero-order valence-electron chi connectivity index (χ0n) is 21.3. The van der Waals surface area contributed by atoms with Crippen LogP contribution in [0.15, 0.2) is 71.8 Å². The SMILES string of the molecule is COC[C@H](C)Nc1n[nH]c2nccc(Oc3ccc(NC(=O)c4ccnn(-c5ccc(F)cc5)c4=O)cc3F)c12. The molecule has 204 valence electrons. The molecule has 5 aromatic rings. The molecule has 0 aliphatic rings. The van der Waals surface area contributed by atoms with Crippen LogP contribution in [0.5, 0.6) is 11.5 Å². The van der Waals surface area contributed by atoms with Crippen LogP contribution >= 0.6 is 0 Å². The molecule has 3 heterocycles. The number of pyridine rings is 1. The van der Waals surface area contributed by atoms with Crippen molar-refractivity contribution in [2.45, 2.75) is 13.0 Å². The summed E-state index contributed by atoms with van der Waals surface area (Å²) in [6.45, 7) is 2.35. The van der Waals surface area contributed by atoms with E-state index in [9.17, 15) is 14.0 Å². The van der Waals surface area contributed by atoms with E-state index in [1.807, 2.05) is 6.92 Å². The highest BCUT2D eigenvalue weighted by atomic mass is 19.1. The predicted octanol–water partition coefficient (Wildman–Crippen LogP) is 4.27. The van der Waals surface area contributed by atoms with Gasteiger partial charge in [-0.05, 0) is 49.4 Å². The Morgan fingerprint density at radius 1 is 1.07 bits per heavy atom. The van der Waals surface area contributed by atoms with Gasteiger partial charge in [-0.1, -0.05) is 0 Å². The molecule has 1 atom stereocenters.